The lowest BCUT2D eigenvalue weighted by Crippen LogP contribution is -2.11. The third-order valence-electron chi connectivity index (χ3n) is 12.0. The Bertz CT molecular complexity index is 3300. The molecule has 0 spiro atoms. The molecule has 0 radical (unpaired) electrons. The standard InChI is InChI=1S/C57H40F6N4/c1-33-21-34(2)24-41(23-33)39-15-18-48-49-19-16-40(42-25-35(3)22-36(4)26-42)30-52(49)67(51(48)29-39)46-17-20-47(43-27-44(56(58,59)60)31-45(28-43)57(61,62)63)50(32-46)55-65-53(37-11-7-5-8-12-37)64-54(66-55)38-13-9-6-10-14-38/h5-32H,1-4H3. The van der Waals surface area contributed by atoms with Crippen LogP contribution in [-0.2, 0) is 12.4 Å². The molecule has 0 saturated carbocycles. The number of benzene rings is 8. The Kier molecular flexibility index (Phi) is 10.6. The molecule has 0 unspecified atom stereocenters. The summed E-state index contributed by atoms with van der Waals surface area (Å²) in [5.74, 6) is 0.603. The summed E-state index contributed by atoms with van der Waals surface area (Å²) < 4.78 is 89.1. The van der Waals surface area contributed by atoms with Gasteiger partial charge in [0.05, 0.1) is 22.2 Å². The van der Waals surface area contributed by atoms with Crippen LogP contribution >= 0.6 is 0 Å². The summed E-state index contributed by atoms with van der Waals surface area (Å²) in [5, 5.41) is 1.90. The highest BCUT2D eigenvalue weighted by molar-refractivity contribution is 6.11. The van der Waals surface area contributed by atoms with Crippen molar-refractivity contribution < 1.29 is 26.3 Å². The van der Waals surface area contributed by atoms with E-state index in [2.05, 4.69) is 105 Å². The minimum Gasteiger partial charge on any atom is -0.309 e. The van der Waals surface area contributed by atoms with Gasteiger partial charge in [0.15, 0.2) is 17.5 Å². The molecule has 10 rings (SSSR count). The van der Waals surface area contributed by atoms with Gasteiger partial charge in [-0.1, -0.05) is 150 Å². The third-order valence-corrected chi connectivity index (χ3v) is 12.0. The number of aryl methyl sites for hydroxylation is 4. The number of hydrogen-bond donors (Lipinski definition) is 0. The Hall–Kier alpha value is -7.85. The lowest BCUT2D eigenvalue weighted by Gasteiger charge is -2.18. The number of halogens is 6. The zero-order valence-electron chi connectivity index (χ0n) is 36.7. The molecule has 0 atom stereocenters. The fourth-order valence-corrected chi connectivity index (χ4v) is 9.09. The molecule has 2 aromatic heterocycles. The number of fused-ring (bicyclic) bond motifs is 3. The van der Waals surface area contributed by atoms with Crippen molar-refractivity contribution >= 4 is 21.8 Å². The maximum atomic E-state index is 14.5. The summed E-state index contributed by atoms with van der Waals surface area (Å²) in [6.45, 7) is 8.22. The van der Waals surface area contributed by atoms with Crippen LogP contribution < -0.4 is 0 Å². The molecule has 0 aliphatic heterocycles. The van der Waals surface area contributed by atoms with Crippen LogP contribution in [0.3, 0.4) is 0 Å². The normalized spacial score (nSPS) is 12.0. The molecule has 0 amide bonds. The highest BCUT2D eigenvalue weighted by Gasteiger charge is 2.37. The van der Waals surface area contributed by atoms with Gasteiger partial charge in [-0.3, -0.25) is 0 Å². The molecule has 0 bridgehead atoms. The van der Waals surface area contributed by atoms with Gasteiger partial charge < -0.3 is 4.57 Å². The molecule has 0 N–H and O–H groups in total. The molecule has 8 aromatic carbocycles. The van der Waals surface area contributed by atoms with E-state index < -0.39 is 23.5 Å². The Labute approximate surface area is 382 Å². The minimum absolute atomic E-state index is 0.0585. The van der Waals surface area contributed by atoms with Crippen molar-refractivity contribution in [2.75, 3.05) is 0 Å². The van der Waals surface area contributed by atoms with Gasteiger partial charge in [-0.05, 0) is 104 Å². The first-order valence-corrected chi connectivity index (χ1v) is 21.6. The molecule has 0 aliphatic carbocycles. The second-order valence-corrected chi connectivity index (χ2v) is 17.1. The monoisotopic (exact) mass is 894 g/mol. The van der Waals surface area contributed by atoms with E-state index in [4.69, 9.17) is 15.0 Å². The summed E-state index contributed by atoms with van der Waals surface area (Å²) in [5.41, 5.74) is 9.08. The highest BCUT2D eigenvalue weighted by Crippen LogP contribution is 2.44. The van der Waals surface area contributed by atoms with Gasteiger partial charge in [-0.25, -0.2) is 15.0 Å². The van der Waals surface area contributed by atoms with Crippen molar-refractivity contribution in [1.82, 2.24) is 19.5 Å². The predicted molar refractivity (Wildman–Crippen MR) is 256 cm³/mol. The van der Waals surface area contributed by atoms with Crippen LogP contribution in [-0.4, -0.2) is 19.5 Å². The summed E-state index contributed by atoms with van der Waals surface area (Å²) in [4.78, 5) is 14.7. The largest absolute Gasteiger partial charge is 0.416 e. The van der Waals surface area contributed by atoms with Crippen LogP contribution in [0.25, 0.3) is 95.0 Å². The molecule has 2 heterocycles. The van der Waals surface area contributed by atoms with Crippen molar-refractivity contribution in [2.45, 2.75) is 40.0 Å². The van der Waals surface area contributed by atoms with Crippen LogP contribution in [0, 0.1) is 27.7 Å². The molecular formula is C57H40F6N4. The molecule has 0 aliphatic rings. The van der Waals surface area contributed by atoms with Gasteiger partial charge in [-0.2, -0.15) is 26.3 Å². The quantitative estimate of drug-likeness (QED) is 0.150. The lowest BCUT2D eigenvalue weighted by atomic mass is 9.94. The molecule has 67 heavy (non-hydrogen) atoms. The summed E-state index contributed by atoms with van der Waals surface area (Å²) in [6, 6.07) is 50.4. The van der Waals surface area contributed by atoms with Crippen LogP contribution in [0.4, 0.5) is 26.3 Å². The van der Waals surface area contributed by atoms with Gasteiger partial charge in [0.25, 0.3) is 0 Å². The van der Waals surface area contributed by atoms with E-state index in [1.807, 2.05) is 60.7 Å². The van der Waals surface area contributed by atoms with Crippen LogP contribution in [0.1, 0.15) is 33.4 Å². The van der Waals surface area contributed by atoms with Crippen molar-refractivity contribution in [1.29, 1.82) is 0 Å². The average molecular weight is 895 g/mol. The van der Waals surface area contributed by atoms with Crippen LogP contribution in [0.15, 0.2) is 170 Å². The lowest BCUT2D eigenvalue weighted by molar-refractivity contribution is -0.143. The van der Waals surface area contributed by atoms with E-state index in [-0.39, 0.29) is 40.2 Å². The van der Waals surface area contributed by atoms with Gasteiger partial charge in [0, 0.05) is 33.2 Å². The first-order chi connectivity index (χ1) is 32.1. The molecular weight excluding hydrogens is 855 g/mol. The number of alkyl halides is 6. The van der Waals surface area contributed by atoms with Gasteiger partial charge in [0.1, 0.15) is 0 Å². The van der Waals surface area contributed by atoms with E-state index >= 15 is 0 Å². The predicted octanol–water partition coefficient (Wildman–Crippen LogP) is 16.2. The second kappa shape index (κ2) is 16.5. The third kappa shape index (κ3) is 8.47. The summed E-state index contributed by atoms with van der Waals surface area (Å²) >= 11 is 0. The number of nitrogens with zero attached hydrogens (tertiary/aromatic N) is 4. The summed E-state index contributed by atoms with van der Waals surface area (Å²) in [6.07, 6.45) is -10.2. The minimum atomic E-state index is -5.08. The zero-order chi connectivity index (χ0) is 46.8. The maximum Gasteiger partial charge on any atom is 0.416 e. The topological polar surface area (TPSA) is 43.6 Å². The summed E-state index contributed by atoms with van der Waals surface area (Å²) in [7, 11) is 0. The van der Waals surface area contributed by atoms with Gasteiger partial charge in [0.2, 0.25) is 0 Å². The molecule has 330 valence electrons. The Morgan fingerprint density at radius 3 is 1.21 bits per heavy atom. The first kappa shape index (κ1) is 43.1. The van der Waals surface area contributed by atoms with Crippen molar-refractivity contribution in [2.24, 2.45) is 0 Å². The Balaban J connectivity index is 1.31. The first-order valence-electron chi connectivity index (χ1n) is 21.6. The van der Waals surface area contributed by atoms with Crippen LogP contribution in [0.5, 0.6) is 0 Å². The van der Waals surface area contributed by atoms with Crippen LogP contribution in [0.2, 0.25) is 0 Å². The fourth-order valence-electron chi connectivity index (χ4n) is 9.09. The fraction of sp³-hybridized carbons (Fsp3) is 0.105. The van der Waals surface area contributed by atoms with E-state index in [9.17, 15) is 26.3 Å². The maximum absolute atomic E-state index is 14.5. The van der Waals surface area contributed by atoms with Crippen molar-refractivity contribution in [3.63, 3.8) is 0 Å². The SMILES string of the molecule is Cc1cc(C)cc(-c2ccc3c4ccc(-c5cc(C)cc(C)c5)cc4n(-c4ccc(-c5cc(C(F)(F)F)cc(C(F)(F)F)c5)c(-c5nc(-c6ccccc6)nc(-c6ccccc6)n5)c4)c3c2)c1. The number of hydrogen-bond acceptors (Lipinski definition) is 3. The van der Waals surface area contributed by atoms with Gasteiger partial charge >= 0.3 is 12.4 Å². The number of aromatic nitrogens is 4. The number of rotatable bonds is 7. The average Bonchev–Trinajstić information content (AvgIpc) is 3.63. The Morgan fingerprint density at radius 2 is 0.776 bits per heavy atom. The Morgan fingerprint density at radius 1 is 0.343 bits per heavy atom. The van der Waals surface area contributed by atoms with E-state index in [0.29, 0.717) is 16.8 Å². The van der Waals surface area contributed by atoms with E-state index in [1.165, 1.54) is 0 Å². The zero-order valence-corrected chi connectivity index (χ0v) is 36.7. The van der Waals surface area contributed by atoms with E-state index in [1.54, 1.807) is 18.2 Å². The second-order valence-electron chi connectivity index (χ2n) is 17.1. The van der Waals surface area contributed by atoms with Crippen molar-refractivity contribution in [3.8, 4) is 73.2 Å². The molecule has 0 saturated heterocycles. The van der Waals surface area contributed by atoms with Crippen molar-refractivity contribution in [3.05, 3.63) is 203 Å². The molecule has 10 aromatic rings. The van der Waals surface area contributed by atoms with E-state index in [0.717, 1.165) is 78.4 Å². The van der Waals surface area contributed by atoms with Gasteiger partial charge in [-0.15, -0.1) is 0 Å². The molecule has 0 fully saturated rings. The smallest absolute Gasteiger partial charge is 0.309 e. The molecule has 4 nitrogen and oxygen atoms in total. The highest BCUT2D eigenvalue weighted by atomic mass is 19.4. The molecule has 10 heteroatoms.